The fraction of sp³-hybridized carbons (Fsp3) is 0.500. The molecule has 0 bridgehead atoms. The fourth-order valence-electron chi connectivity index (χ4n) is 0.929. The first-order chi connectivity index (χ1) is 9.23. The zero-order chi connectivity index (χ0) is 15.7. The number of carbonyl (C=O) groups excluding carboxylic acids is 4. The number of amides is 1. The van der Waals surface area contributed by atoms with E-state index in [2.05, 4.69) is 9.78 Å². The van der Waals surface area contributed by atoms with Gasteiger partial charge in [0.15, 0.2) is 0 Å². The lowest BCUT2D eigenvalue weighted by molar-refractivity contribution is -0.260. The van der Waals surface area contributed by atoms with E-state index in [0.717, 1.165) is 0 Å². The summed E-state index contributed by atoms with van der Waals surface area (Å²) in [4.78, 5) is 61.5. The monoisotopic (exact) mass is 290 g/mol. The van der Waals surface area contributed by atoms with E-state index in [4.69, 9.17) is 16.6 Å². The lowest BCUT2D eigenvalue weighted by Crippen LogP contribution is -2.34. The molecular weight excluding hydrogens is 276 g/mol. The van der Waals surface area contributed by atoms with Crippen LogP contribution in [-0.4, -0.2) is 40.7 Å². The summed E-state index contributed by atoms with van der Waals surface area (Å²) < 4.78 is 0. The smallest absolute Gasteiger partial charge is 0.372 e. The van der Waals surface area contributed by atoms with Crippen molar-refractivity contribution in [3.8, 4) is 0 Å². The Morgan fingerprint density at radius 2 is 1.60 bits per heavy atom. The van der Waals surface area contributed by atoms with E-state index >= 15 is 0 Å². The van der Waals surface area contributed by atoms with Crippen LogP contribution in [-0.2, 0) is 33.7 Å². The summed E-state index contributed by atoms with van der Waals surface area (Å²) in [6.07, 6.45) is -1.37. The molecular formula is C10H14N2O8. The van der Waals surface area contributed by atoms with Gasteiger partial charge in [-0.2, -0.15) is 0 Å². The number of hydrogen-bond acceptors (Lipinski definition) is 8. The molecule has 0 saturated heterocycles. The Balaban J connectivity index is 3.94. The highest BCUT2D eigenvalue weighted by atomic mass is 17.2. The number of rotatable bonds is 8. The van der Waals surface area contributed by atoms with E-state index in [1.807, 2.05) is 0 Å². The number of ketones is 1. The molecule has 0 radical (unpaired) electrons. The first kappa shape index (κ1) is 17.5. The van der Waals surface area contributed by atoms with Crippen LogP contribution in [0.2, 0.25) is 0 Å². The minimum Gasteiger partial charge on any atom is -0.476 e. The highest BCUT2D eigenvalue weighted by Crippen LogP contribution is 2.00. The third kappa shape index (κ3) is 7.76. The second-order valence-electron chi connectivity index (χ2n) is 3.70. The summed E-state index contributed by atoms with van der Waals surface area (Å²) in [7, 11) is 0. The molecule has 10 nitrogen and oxygen atoms in total. The number of carboxylic acids is 1. The van der Waals surface area contributed by atoms with Gasteiger partial charge in [-0.1, -0.05) is 0 Å². The van der Waals surface area contributed by atoms with E-state index in [-0.39, 0.29) is 12.8 Å². The molecule has 0 unspecified atom stereocenters. The first-order valence-corrected chi connectivity index (χ1v) is 5.45. The Labute approximate surface area is 112 Å². The molecule has 0 rings (SSSR count). The summed E-state index contributed by atoms with van der Waals surface area (Å²) in [6.45, 7) is 0. The number of carbonyl (C=O) groups is 5. The second kappa shape index (κ2) is 8.58. The highest BCUT2D eigenvalue weighted by Gasteiger charge is 2.20. The van der Waals surface area contributed by atoms with Crippen molar-refractivity contribution in [2.45, 2.75) is 31.7 Å². The van der Waals surface area contributed by atoms with Gasteiger partial charge in [0.05, 0.1) is 6.42 Å². The van der Waals surface area contributed by atoms with Crippen molar-refractivity contribution in [2.24, 2.45) is 11.5 Å². The predicted molar refractivity (Wildman–Crippen MR) is 60.5 cm³/mol. The van der Waals surface area contributed by atoms with Crippen LogP contribution in [0, 0.1) is 0 Å². The van der Waals surface area contributed by atoms with Gasteiger partial charge in [0.2, 0.25) is 11.7 Å². The van der Waals surface area contributed by atoms with E-state index < -0.39 is 48.5 Å². The van der Waals surface area contributed by atoms with Crippen molar-refractivity contribution in [3.05, 3.63) is 0 Å². The Morgan fingerprint density at radius 3 is 2.10 bits per heavy atom. The zero-order valence-electron chi connectivity index (χ0n) is 10.4. The summed E-state index contributed by atoms with van der Waals surface area (Å²) >= 11 is 0. The second-order valence-corrected chi connectivity index (χ2v) is 3.70. The van der Waals surface area contributed by atoms with Crippen molar-refractivity contribution >= 4 is 29.6 Å². The van der Waals surface area contributed by atoms with Gasteiger partial charge >= 0.3 is 17.9 Å². The van der Waals surface area contributed by atoms with Crippen LogP contribution in [0.25, 0.3) is 0 Å². The van der Waals surface area contributed by atoms with Gasteiger partial charge < -0.3 is 16.6 Å². The van der Waals surface area contributed by atoms with Crippen LogP contribution in [0.5, 0.6) is 0 Å². The van der Waals surface area contributed by atoms with E-state index in [9.17, 15) is 24.0 Å². The minimum absolute atomic E-state index is 0.0801. The largest absolute Gasteiger partial charge is 0.476 e. The molecule has 0 fully saturated rings. The van der Waals surface area contributed by atoms with Gasteiger partial charge in [-0.25, -0.2) is 24.2 Å². The highest BCUT2D eigenvalue weighted by molar-refractivity contribution is 6.32. The van der Waals surface area contributed by atoms with Crippen LogP contribution >= 0.6 is 0 Å². The third-order valence-electron chi connectivity index (χ3n) is 2.02. The van der Waals surface area contributed by atoms with Crippen LogP contribution in [0.4, 0.5) is 0 Å². The predicted octanol–water partition coefficient (Wildman–Crippen LogP) is -1.99. The van der Waals surface area contributed by atoms with Crippen LogP contribution in [0.3, 0.4) is 0 Å². The Hall–Kier alpha value is -2.49. The number of carboxylic acid groups (broad SMARTS) is 1. The van der Waals surface area contributed by atoms with Crippen LogP contribution < -0.4 is 11.5 Å². The van der Waals surface area contributed by atoms with Crippen LogP contribution in [0.15, 0.2) is 0 Å². The molecule has 0 aliphatic heterocycles. The van der Waals surface area contributed by atoms with Crippen molar-refractivity contribution < 1.29 is 38.9 Å². The molecule has 0 spiro atoms. The normalized spacial score (nSPS) is 11.2. The molecule has 10 heteroatoms. The number of primary amides is 1. The summed E-state index contributed by atoms with van der Waals surface area (Å²) in [5, 5.41) is 8.25. The van der Waals surface area contributed by atoms with Gasteiger partial charge in [-0.3, -0.25) is 9.59 Å². The van der Waals surface area contributed by atoms with Gasteiger partial charge in [-0.15, -0.1) is 0 Å². The van der Waals surface area contributed by atoms with Crippen molar-refractivity contribution in [1.82, 2.24) is 0 Å². The molecule has 0 aliphatic carbocycles. The molecule has 1 amide bonds. The number of aliphatic carboxylic acids is 1. The Kier molecular flexibility index (Phi) is 7.52. The van der Waals surface area contributed by atoms with Gasteiger partial charge in [0.25, 0.3) is 0 Å². The molecule has 20 heavy (non-hydrogen) atoms. The fourth-order valence-corrected chi connectivity index (χ4v) is 0.929. The maximum atomic E-state index is 11.2. The number of hydrogen-bond donors (Lipinski definition) is 3. The molecule has 0 aromatic carbocycles. The number of nitrogens with two attached hydrogens (primary N) is 2. The molecule has 0 saturated carbocycles. The summed E-state index contributed by atoms with van der Waals surface area (Å²) in [6, 6.07) is -1.20. The molecule has 0 aromatic heterocycles. The topological polar surface area (TPSA) is 176 Å². The third-order valence-corrected chi connectivity index (χ3v) is 2.02. The molecule has 0 aromatic rings. The lowest BCUT2D eigenvalue weighted by Gasteiger charge is -2.08. The average molecular weight is 290 g/mol. The van der Waals surface area contributed by atoms with Gasteiger partial charge in [0, 0.05) is 12.8 Å². The first-order valence-electron chi connectivity index (χ1n) is 5.45. The van der Waals surface area contributed by atoms with E-state index in [0.29, 0.717) is 0 Å². The SMILES string of the molecule is NC(=O)CC[C@H](N)C(=O)OOC(=O)CCC(=O)C(=O)O. The van der Waals surface area contributed by atoms with E-state index in [1.54, 1.807) is 0 Å². The lowest BCUT2D eigenvalue weighted by atomic mass is 10.2. The van der Waals surface area contributed by atoms with Crippen molar-refractivity contribution in [2.75, 3.05) is 0 Å². The van der Waals surface area contributed by atoms with Crippen LogP contribution in [0.1, 0.15) is 25.7 Å². The Morgan fingerprint density at radius 1 is 1.00 bits per heavy atom. The quantitative estimate of drug-likeness (QED) is 0.259. The molecule has 0 aliphatic rings. The van der Waals surface area contributed by atoms with Gasteiger partial charge in [0.1, 0.15) is 6.04 Å². The molecule has 1 atom stereocenters. The number of Topliss-reactive ketones (excluding diaryl/α,β-unsaturated/α-hetero) is 1. The molecule has 5 N–H and O–H groups in total. The maximum absolute atomic E-state index is 11.2. The minimum atomic E-state index is -1.68. The zero-order valence-corrected chi connectivity index (χ0v) is 10.4. The maximum Gasteiger partial charge on any atom is 0.372 e. The standard InChI is InChI=1S/C10H14N2O8/c11-5(1-3-7(12)14)10(18)20-19-8(15)4-2-6(13)9(16)17/h5H,1-4,11H2,(H2,12,14)(H,16,17)/t5-/m0/s1. The molecule has 0 heterocycles. The van der Waals surface area contributed by atoms with E-state index in [1.165, 1.54) is 0 Å². The Bertz CT molecular complexity index is 419. The average Bonchev–Trinajstić information content (AvgIpc) is 2.38. The summed E-state index contributed by atoms with van der Waals surface area (Å²) in [5.74, 6) is -5.70. The van der Waals surface area contributed by atoms with Crippen molar-refractivity contribution in [1.29, 1.82) is 0 Å². The van der Waals surface area contributed by atoms with Gasteiger partial charge in [-0.05, 0) is 6.42 Å². The molecule has 112 valence electrons. The summed E-state index contributed by atoms with van der Waals surface area (Å²) in [5.41, 5.74) is 10.2. The van der Waals surface area contributed by atoms with Crippen molar-refractivity contribution in [3.63, 3.8) is 0 Å².